The topological polar surface area (TPSA) is 142 Å². The molecule has 4 aromatic carbocycles. The third-order valence-corrected chi connectivity index (χ3v) is 11.4. The van der Waals surface area contributed by atoms with Gasteiger partial charge in [-0.15, -0.1) is 0 Å². The molecular formula is C46H46BBrCl2N8O2. The number of nitriles is 2. The average Bonchev–Trinajstić information content (AvgIpc) is 3.41. The highest BCUT2D eigenvalue weighted by atomic mass is 79.9. The Bertz CT molecular complexity index is 2660. The molecule has 60 heavy (non-hydrogen) atoms. The standard InChI is InChI=1S/C20H17ClN4.C17H22BNO2.C9H7BrClN3/c1-12-10-14(6-5-9-22)11-13(2)17(12)15-7-4-8-16-18(15)24-20(21)25-19(16)23-3;1-12-10-14(8-7-9-19)11-13(2)15(12)18-20-16(3,4)17(5,6)21-18;1-12-8-5-3-2-4-6(10)7(5)13-9(11)14-8/h4-8,10-11H,1-3H3,(H,23,24,25);7-8,10-11H,1-6H3;2-4H,1H3,(H,12,13,14)/b6-5+;8-7+;. The molecule has 14 heteroatoms. The molecule has 1 aliphatic rings. The molecule has 0 saturated carbocycles. The molecule has 306 valence electrons. The van der Waals surface area contributed by atoms with E-state index in [4.69, 9.17) is 43.0 Å². The lowest BCUT2D eigenvalue weighted by molar-refractivity contribution is 0.00578. The van der Waals surface area contributed by atoms with Gasteiger partial charge >= 0.3 is 7.12 Å². The number of benzene rings is 4. The van der Waals surface area contributed by atoms with Crippen molar-refractivity contribution in [2.75, 3.05) is 24.7 Å². The number of hydrogen-bond acceptors (Lipinski definition) is 10. The largest absolute Gasteiger partial charge is 0.495 e. The van der Waals surface area contributed by atoms with E-state index >= 15 is 0 Å². The van der Waals surface area contributed by atoms with Gasteiger partial charge in [-0.05, 0) is 158 Å². The van der Waals surface area contributed by atoms with Crippen molar-refractivity contribution in [1.29, 1.82) is 10.5 Å². The number of nitrogens with zero attached hydrogens (tertiary/aromatic N) is 6. The molecule has 7 rings (SSSR count). The van der Waals surface area contributed by atoms with E-state index in [2.05, 4.69) is 126 Å². The van der Waals surface area contributed by atoms with E-state index in [1.54, 1.807) is 7.05 Å². The summed E-state index contributed by atoms with van der Waals surface area (Å²) >= 11 is 15.3. The summed E-state index contributed by atoms with van der Waals surface area (Å²) in [5.41, 5.74) is 10.7. The number of aromatic nitrogens is 4. The van der Waals surface area contributed by atoms with Gasteiger partial charge in [0.2, 0.25) is 10.6 Å². The van der Waals surface area contributed by atoms with Crippen LogP contribution >= 0.6 is 39.1 Å². The van der Waals surface area contributed by atoms with Gasteiger partial charge in [0.15, 0.2) is 0 Å². The van der Waals surface area contributed by atoms with Crippen molar-refractivity contribution < 1.29 is 9.31 Å². The molecule has 1 saturated heterocycles. The third-order valence-electron chi connectivity index (χ3n) is 10.5. The summed E-state index contributed by atoms with van der Waals surface area (Å²) < 4.78 is 13.2. The third kappa shape index (κ3) is 10.2. The van der Waals surface area contributed by atoms with Crippen LogP contribution in [-0.2, 0) is 9.31 Å². The van der Waals surface area contributed by atoms with Crippen molar-refractivity contribution in [3.8, 4) is 23.3 Å². The number of fused-ring (bicyclic) bond motifs is 2. The molecular weight excluding hydrogens is 858 g/mol. The minimum absolute atomic E-state index is 0.216. The number of allylic oxidation sites excluding steroid dienone is 2. The maximum Gasteiger partial charge on any atom is 0.495 e. The summed E-state index contributed by atoms with van der Waals surface area (Å²) in [5.74, 6) is 1.45. The first-order chi connectivity index (χ1) is 28.4. The summed E-state index contributed by atoms with van der Waals surface area (Å²) in [6.07, 6.45) is 6.60. The van der Waals surface area contributed by atoms with Crippen molar-refractivity contribution in [2.45, 2.75) is 66.6 Å². The molecule has 0 spiro atoms. The summed E-state index contributed by atoms with van der Waals surface area (Å²) in [7, 11) is 3.28. The highest BCUT2D eigenvalue weighted by Gasteiger charge is 2.52. The average molecular weight is 905 g/mol. The Hall–Kier alpha value is -5.34. The second kappa shape index (κ2) is 19.4. The van der Waals surface area contributed by atoms with E-state index in [1.807, 2.05) is 67.7 Å². The minimum atomic E-state index is -0.344. The zero-order valence-corrected chi connectivity index (χ0v) is 38.4. The van der Waals surface area contributed by atoms with Crippen LogP contribution in [-0.4, -0.2) is 52.4 Å². The molecule has 3 heterocycles. The van der Waals surface area contributed by atoms with Gasteiger partial charge in [-0.2, -0.15) is 10.5 Å². The van der Waals surface area contributed by atoms with E-state index in [0.29, 0.717) is 5.82 Å². The fraction of sp³-hybridized carbons (Fsp3) is 0.261. The van der Waals surface area contributed by atoms with Crippen molar-refractivity contribution in [2.24, 2.45) is 0 Å². The van der Waals surface area contributed by atoms with Crippen LogP contribution in [0.2, 0.25) is 10.6 Å². The Labute approximate surface area is 371 Å². The predicted octanol–water partition coefficient (Wildman–Crippen LogP) is 11.4. The van der Waals surface area contributed by atoms with E-state index in [-0.39, 0.29) is 28.9 Å². The Morgan fingerprint density at radius 2 is 1.10 bits per heavy atom. The molecule has 0 unspecified atom stereocenters. The monoisotopic (exact) mass is 902 g/mol. The lowest BCUT2D eigenvalue weighted by Gasteiger charge is -2.32. The van der Waals surface area contributed by atoms with Crippen LogP contribution in [0.15, 0.2) is 77.3 Å². The van der Waals surface area contributed by atoms with Crippen molar-refractivity contribution in [3.63, 3.8) is 0 Å². The SMILES string of the molecule is CNc1nc(Cl)nc2c(-c3c(C)cc(/C=C/C#N)cc3C)cccc12.CNc1nc(Cl)nc2c(Br)cccc12.Cc1cc(/C=C/C#N)cc(C)c1B1OC(C)(C)C(C)(C)O1. The van der Waals surface area contributed by atoms with Gasteiger partial charge in [-0.1, -0.05) is 53.6 Å². The van der Waals surface area contributed by atoms with Crippen molar-refractivity contribution in [3.05, 3.63) is 121 Å². The number of rotatable bonds is 6. The lowest BCUT2D eigenvalue weighted by Crippen LogP contribution is -2.41. The fourth-order valence-electron chi connectivity index (χ4n) is 7.02. The lowest BCUT2D eigenvalue weighted by atomic mass is 9.73. The number of halogens is 3. The van der Waals surface area contributed by atoms with Crippen LogP contribution in [0.25, 0.3) is 45.1 Å². The summed E-state index contributed by atoms with van der Waals surface area (Å²) in [5, 5.41) is 25.8. The first kappa shape index (κ1) is 45.7. The molecule has 0 atom stereocenters. The number of hydrogen-bond donors (Lipinski definition) is 2. The first-order valence-electron chi connectivity index (χ1n) is 19.1. The van der Waals surface area contributed by atoms with Crippen molar-refractivity contribution in [1.82, 2.24) is 19.9 Å². The molecule has 10 nitrogen and oxygen atoms in total. The van der Waals surface area contributed by atoms with E-state index in [1.165, 1.54) is 12.2 Å². The quantitative estimate of drug-likeness (QED) is 0.0942. The number of nitrogens with one attached hydrogen (secondary N) is 2. The molecule has 6 aromatic rings. The van der Waals surface area contributed by atoms with Gasteiger partial charge in [-0.3, -0.25) is 0 Å². The van der Waals surface area contributed by atoms with Gasteiger partial charge in [0.25, 0.3) is 0 Å². The molecule has 1 aliphatic heterocycles. The van der Waals surface area contributed by atoms with Crippen LogP contribution < -0.4 is 16.1 Å². The normalized spacial score (nSPS) is 14.0. The molecule has 0 aliphatic carbocycles. The van der Waals surface area contributed by atoms with Crippen LogP contribution in [0.5, 0.6) is 0 Å². The van der Waals surface area contributed by atoms with Crippen LogP contribution in [0.1, 0.15) is 61.1 Å². The van der Waals surface area contributed by atoms with Gasteiger partial charge in [-0.25, -0.2) is 19.9 Å². The Morgan fingerprint density at radius 3 is 1.57 bits per heavy atom. The number of aryl methyl sites for hydroxylation is 4. The molecule has 2 N–H and O–H groups in total. The maximum absolute atomic E-state index is 8.72. The minimum Gasteiger partial charge on any atom is -0.399 e. The molecule has 0 radical (unpaired) electrons. The molecule has 0 amide bonds. The second-order valence-electron chi connectivity index (χ2n) is 15.1. The Kier molecular flexibility index (Phi) is 14.8. The summed E-state index contributed by atoms with van der Waals surface area (Å²) in [4.78, 5) is 17.0. The smallest absolute Gasteiger partial charge is 0.399 e. The van der Waals surface area contributed by atoms with Crippen LogP contribution in [0, 0.1) is 50.4 Å². The van der Waals surface area contributed by atoms with Crippen LogP contribution in [0.3, 0.4) is 0 Å². The Morgan fingerprint density at radius 1 is 0.667 bits per heavy atom. The fourth-order valence-corrected chi connectivity index (χ4v) is 7.81. The summed E-state index contributed by atoms with van der Waals surface area (Å²) in [6.45, 7) is 16.5. The summed E-state index contributed by atoms with van der Waals surface area (Å²) in [6, 6.07) is 24.1. The molecule has 2 aromatic heterocycles. The van der Waals surface area contributed by atoms with Crippen LogP contribution in [0.4, 0.5) is 11.6 Å². The van der Waals surface area contributed by atoms with Crippen molar-refractivity contribution >= 4 is 97.3 Å². The zero-order valence-electron chi connectivity index (χ0n) is 35.3. The number of anilines is 2. The van der Waals surface area contributed by atoms with Gasteiger partial charge in [0, 0.05) is 47.1 Å². The highest BCUT2D eigenvalue weighted by Crippen LogP contribution is 2.38. The van der Waals surface area contributed by atoms with E-state index in [0.717, 1.165) is 82.1 Å². The molecule has 1 fully saturated rings. The predicted molar refractivity (Wildman–Crippen MR) is 252 cm³/mol. The Balaban J connectivity index is 0.000000177. The van der Waals surface area contributed by atoms with Gasteiger partial charge in [0.05, 0.1) is 34.4 Å². The number of para-hydroxylation sites is 2. The maximum atomic E-state index is 8.72. The highest BCUT2D eigenvalue weighted by molar-refractivity contribution is 9.10. The van der Waals surface area contributed by atoms with E-state index < -0.39 is 0 Å². The first-order valence-corrected chi connectivity index (χ1v) is 20.6. The van der Waals surface area contributed by atoms with Gasteiger partial charge < -0.3 is 19.9 Å². The van der Waals surface area contributed by atoms with E-state index in [9.17, 15) is 0 Å². The second-order valence-corrected chi connectivity index (χ2v) is 16.7. The zero-order chi connectivity index (χ0) is 43.9. The molecule has 0 bridgehead atoms. The van der Waals surface area contributed by atoms with Gasteiger partial charge in [0.1, 0.15) is 11.6 Å².